The van der Waals surface area contributed by atoms with E-state index in [2.05, 4.69) is 0 Å². The van der Waals surface area contributed by atoms with Crippen LogP contribution >= 0.6 is 23.2 Å². The summed E-state index contributed by atoms with van der Waals surface area (Å²) >= 11 is 12.0. The molecule has 0 heterocycles. The first-order valence-electron chi connectivity index (χ1n) is 5.72. The second kappa shape index (κ2) is 6.86. The van der Waals surface area contributed by atoms with Gasteiger partial charge in [-0.2, -0.15) is 0 Å². The van der Waals surface area contributed by atoms with Crippen molar-refractivity contribution in [1.29, 1.82) is 0 Å². The number of benzene rings is 1. The van der Waals surface area contributed by atoms with E-state index in [-0.39, 0.29) is 6.42 Å². The molecule has 1 N–H and O–H groups in total. The minimum atomic E-state index is -0.860. The predicted octanol–water partition coefficient (Wildman–Crippen LogP) is 4.05. The monoisotopic (exact) mass is 290 g/mol. The average molecular weight is 291 g/mol. The van der Waals surface area contributed by atoms with Crippen LogP contribution in [0.5, 0.6) is 5.75 Å². The largest absolute Gasteiger partial charge is 0.491 e. The Morgan fingerprint density at radius 1 is 1.39 bits per heavy atom. The summed E-state index contributed by atoms with van der Waals surface area (Å²) < 4.78 is 5.63. The van der Waals surface area contributed by atoms with Gasteiger partial charge in [0.25, 0.3) is 0 Å². The summed E-state index contributed by atoms with van der Waals surface area (Å²) in [4.78, 5) is 10.6. The fourth-order valence-corrected chi connectivity index (χ4v) is 2.04. The summed E-state index contributed by atoms with van der Waals surface area (Å²) in [5.41, 5.74) is 0.732. The van der Waals surface area contributed by atoms with Crippen LogP contribution in [0, 0.1) is 5.92 Å². The van der Waals surface area contributed by atoms with Gasteiger partial charge in [-0.25, -0.2) is 0 Å². The molecule has 3 nitrogen and oxygen atoms in total. The van der Waals surface area contributed by atoms with E-state index < -0.39 is 5.97 Å². The van der Waals surface area contributed by atoms with Crippen molar-refractivity contribution in [2.45, 2.75) is 26.7 Å². The van der Waals surface area contributed by atoms with Crippen molar-refractivity contribution < 1.29 is 14.6 Å². The molecule has 100 valence electrons. The molecule has 0 spiro atoms. The number of carboxylic acid groups (broad SMARTS) is 1. The maximum atomic E-state index is 10.6. The van der Waals surface area contributed by atoms with Crippen LogP contribution in [-0.4, -0.2) is 17.7 Å². The Morgan fingerprint density at radius 2 is 2.06 bits per heavy atom. The van der Waals surface area contributed by atoms with Crippen LogP contribution in [0.4, 0.5) is 0 Å². The van der Waals surface area contributed by atoms with Crippen molar-refractivity contribution in [2.24, 2.45) is 5.92 Å². The van der Waals surface area contributed by atoms with E-state index in [4.69, 9.17) is 33.0 Å². The number of aliphatic carboxylic acids is 1. The summed E-state index contributed by atoms with van der Waals surface area (Å²) in [5.74, 6) is 0.0426. The molecule has 0 aromatic heterocycles. The summed E-state index contributed by atoms with van der Waals surface area (Å²) in [6.45, 7) is 4.59. The molecule has 0 aliphatic rings. The molecular formula is C13H16Cl2O3. The number of aryl methyl sites for hydroxylation is 1. The number of ether oxygens (including phenoxy) is 1. The SMILES string of the molecule is CC(C)COc1c(Cl)cc(Cl)cc1CCC(=O)O. The Morgan fingerprint density at radius 3 is 2.61 bits per heavy atom. The highest BCUT2D eigenvalue weighted by molar-refractivity contribution is 6.35. The standard InChI is InChI=1S/C13H16Cl2O3/c1-8(2)7-18-13-9(3-4-12(16)17)5-10(14)6-11(13)15/h5-6,8H,3-4,7H2,1-2H3,(H,16,17). The molecule has 1 aromatic carbocycles. The molecule has 0 saturated heterocycles. The zero-order chi connectivity index (χ0) is 13.7. The van der Waals surface area contributed by atoms with Crippen molar-refractivity contribution in [3.63, 3.8) is 0 Å². The molecule has 5 heteroatoms. The van der Waals surface area contributed by atoms with Crippen LogP contribution < -0.4 is 4.74 Å². The van der Waals surface area contributed by atoms with Gasteiger partial charge in [-0.15, -0.1) is 0 Å². The molecule has 0 aliphatic heterocycles. The fraction of sp³-hybridized carbons (Fsp3) is 0.462. The van der Waals surface area contributed by atoms with Gasteiger partial charge in [0.05, 0.1) is 11.6 Å². The lowest BCUT2D eigenvalue weighted by molar-refractivity contribution is -0.136. The average Bonchev–Trinajstić information content (AvgIpc) is 2.24. The van der Waals surface area contributed by atoms with Gasteiger partial charge < -0.3 is 9.84 Å². The smallest absolute Gasteiger partial charge is 0.303 e. The van der Waals surface area contributed by atoms with E-state index in [0.29, 0.717) is 34.7 Å². The summed E-state index contributed by atoms with van der Waals surface area (Å²) in [7, 11) is 0. The molecule has 1 rings (SSSR count). The first kappa shape index (κ1) is 15.1. The number of hydrogen-bond donors (Lipinski definition) is 1. The lowest BCUT2D eigenvalue weighted by Crippen LogP contribution is -2.07. The third-order valence-corrected chi connectivity index (χ3v) is 2.75. The van der Waals surface area contributed by atoms with E-state index in [1.54, 1.807) is 12.1 Å². The first-order chi connectivity index (χ1) is 8.40. The van der Waals surface area contributed by atoms with Crippen molar-refractivity contribution in [2.75, 3.05) is 6.61 Å². The summed E-state index contributed by atoms with van der Waals surface area (Å²) in [6, 6.07) is 3.30. The van der Waals surface area contributed by atoms with Crippen LogP contribution in [0.2, 0.25) is 10.0 Å². The third kappa shape index (κ3) is 4.75. The number of halogens is 2. The molecule has 0 bridgehead atoms. The highest BCUT2D eigenvalue weighted by Gasteiger charge is 2.12. The molecule has 0 atom stereocenters. The van der Waals surface area contributed by atoms with E-state index in [0.717, 1.165) is 5.56 Å². The fourth-order valence-electron chi connectivity index (χ4n) is 1.45. The molecule has 18 heavy (non-hydrogen) atoms. The van der Waals surface area contributed by atoms with Gasteiger partial charge in [0, 0.05) is 11.4 Å². The Balaban J connectivity index is 2.93. The molecule has 0 radical (unpaired) electrons. The Kier molecular flexibility index (Phi) is 5.76. The van der Waals surface area contributed by atoms with Crippen LogP contribution in [0.1, 0.15) is 25.8 Å². The minimum Gasteiger partial charge on any atom is -0.491 e. The molecule has 0 amide bonds. The second-order valence-electron chi connectivity index (χ2n) is 4.47. The molecule has 1 aromatic rings. The predicted molar refractivity (Wildman–Crippen MR) is 72.8 cm³/mol. The van der Waals surface area contributed by atoms with Gasteiger partial charge in [-0.3, -0.25) is 4.79 Å². The zero-order valence-corrected chi connectivity index (χ0v) is 11.9. The van der Waals surface area contributed by atoms with Gasteiger partial charge in [-0.05, 0) is 30.0 Å². The van der Waals surface area contributed by atoms with Gasteiger partial charge in [0.1, 0.15) is 5.75 Å². The molecule has 0 fully saturated rings. The quantitative estimate of drug-likeness (QED) is 0.860. The number of hydrogen-bond acceptors (Lipinski definition) is 2. The van der Waals surface area contributed by atoms with Gasteiger partial charge in [0.15, 0.2) is 0 Å². The summed E-state index contributed by atoms with van der Waals surface area (Å²) in [5, 5.41) is 9.62. The topological polar surface area (TPSA) is 46.5 Å². The van der Waals surface area contributed by atoms with Crippen LogP contribution in [-0.2, 0) is 11.2 Å². The number of carbonyl (C=O) groups is 1. The van der Waals surface area contributed by atoms with Gasteiger partial charge >= 0.3 is 5.97 Å². The van der Waals surface area contributed by atoms with Crippen molar-refractivity contribution in [3.05, 3.63) is 27.7 Å². The maximum absolute atomic E-state index is 10.6. The molecular weight excluding hydrogens is 275 g/mol. The lowest BCUT2D eigenvalue weighted by Gasteiger charge is -2.15. The lowest BCUT2D eigenvalue weighted by atomic mass is 10.1. The van der Waals surface area contributed by atoms with Gasteiger partial charge in [-0.1, -0.05) is 37.0 Å². The Hall–Kier alpha value is -0.930. The van der Waals surface area contributed by atoms with Crippen LogP contribution in [0.3, 0.4) is 0 Å². The van der Waals surface area contributed by atoms with Crippen molar-refractivity contribution in [3.8, 4) is 5.75 Å². The Labute approximate surface area is 117 Å². The van der Waals surface area contributed by atoms with Gasteiger partial charge in [0.2, 0.25) is 0 Å². The minimum absolute atomic E-state index is 0.0225. The van der Waals surface area contributed by atoms with Crippen LogP contribution in [0.25, 0.3) is 0 Å². The Bertz CT molecular complexity index is 430. The van der Waals surface area contributed by atoms with E-state index in [1.165, 1.54) is 0 Å². The summed E-state index contributed by atoms with van der Waals surface area (Å²) in [6.07, 6.45) is 0.373. The van der Waals surface area contributed by atoms with Crippen LogP contribution in [0.15, 0.2) is 12.1 Å². The number of rotatable bonds is 6. The highest BCUT2D eigenvalue weighted by Crippen LogP contribution is 2.33. The van der Waals surface area contributed by atoms with E-state index >= 15 is 0 Å². The maximum Gasteiger partial charge on any atom is 0.303 e. The molecule has 0 unspecified atom stereocenters. The second-order valence-corrected chi connectivity index (χ2v) is 5.32. The molecule has 0 saturated carbocycles. The van der Waals surface area contributed by atoms with Crippen molar-refractivity contribution >= 4 is 29.2 Å². The van der Waals surface area contributed by atoms with Crippen molar-refractivity contribution in [1.82, 2.24) is 0 Å². The zero-order valence-electron chi connectivity index (χ0n) is 10.4. The highest BCUT2D eigenvalue weighted by atomic mass is 35.5. The third-order valence-electron chi connectivity index (χ3n) is 2.25. The number of carboxylic acids is 1. The van der Waals surface area contributed by atoms with E-state index in [9.17, 15) is 4.79 Å². The van der Waals surface area contributed by atoms with E-state index in [1.807, 2.05) is 13.8 Å². The normalized spacial score (nSPS) is 10.7. The molecule has 0 aliphatic carbocycles. The first-order valence-corrected chi connectivity index (χ1v) is 6.48.